The molecule has 0 fully saturated rings. The topological polar surface area (TPSA) is 0 Å². The van der Waals surface area contributed by atoms with Gasteiger partial charge in [0.2, 0.25) is 0 Å². The molecule has 0 aliphatic carbocycles. The van der Waals surface area contributed by atoms with Gasteiger partial charge in [0.1, 0.15) is 0 Å². The van der Waals surface area contributed by atoms with Gasteiger partial charge in [0.05, 0.1) is 0 Å². The van der Waals surface area contributed by atoms with Gasteiger partial charge in [-0.05, 0) is 18.3 Å². The van der Waals surface area contributed by atoms with E-state index in [4.69, 9.17) is 0 Å². The maximum atomic E-state index is 2.38. The largest absolute Gasteiger partial charge is 0.0654 e. The van der Waals surface area contributed by atoms with Crippen molar-refractivity contribution < 1.29 is 0 Å². The number of rotatable bonds is 7. The highest BCUT2D eigenvalue weighted by Crippen LogP contribution is 2.24. The highest BCUT2D eigenvalue weighted by atomic mass is 14.2. The molecule has 0 spiro atoms. The highest BCUT2D eigenvalue weighted by Gasteiger charge is 2.10. The Bertz CT molecular complexity index is 74.0. The average molecular weight is 169 g/mol. The molecule has 1 unspecified atom stereocenters. The van der Waals surface area contributed by atoms with Gasteiger partial charge in [-0.3, -0.25) is 0 Å². The van der Waals surface area contributed by atoms with Crippen molar-refractivity contribution in [2.75, 3.05) is 0 Å². The third-order valence-electron chi connectivity index (χ3n) is 2.76. The van der Waals surface area contributed by atoms with Crippen molar-refractivity contribution in [1.29, 1.82) is 0 Å². The van der Waals surface area contributed by atoms with Crippen LogP contribution in [-0.4, -0.2) is 0 Å². The Kier molecular flexibility index (Phi) is 7.64. The number of unbranched alkanes of at least 4 members (excludes halogenated alkanes) is 2. The summed E-state index contributed by atoms with van der Waals surface area (Å²) in [4.78, 5) is 0. The highest BCUT2D eigenvalue weighted by molar-refractivity contribution is 4.88. The van der Waals surface area contributed by atoms with Crippen LogP contribution in [0.15, 0.2) is 0 Å². The SMILES string of the molecule is CCCC[C](C)C(C)CCCC. The maximum Gasteiger partial charge on any atom is -0.0244 e. The van der Waals surface area contributed by atoms with Gasteiger partial charge in [-0.15, -0.1) is 0 Å². The Morgan fingerprint density at radius 2 is 1.67 bits per heavy atom. The second-order valence-corrected chi connectivity index (χ2v) is 3.99. The fourth-order valence-corrected chi connectivity index (χ4v) is 1.46. The van der Waals surface area contributed by atoms with E-state index >= 15 is 0 Å². The summed E-state index contributed by atoms with van der Waals surface area (Å²) < 4.78 is 0. The fourth-order valence-electron chi connectivity index (χ4n) is 1.46. The molecule has 0 aliphatic heterocycles. The lowest BCUT2D eigenvalue weighted by molar-refractivity contribution is 0.486. The quantitative estimate of drug-likeness (QED) is 0.522. The third-order valence-corrected chi connectivity index (χ3v) is 2.76. The third kappa shape index (κ3) is 5.62. The van der Waals surface area contributed by atoms with Crippen LogP contribution in [0.25, 0.3) is 0 Å². The summed E-state index contributed by atoms with van der Waals surface area (Å²) in [5, 5.41) is 0. The zero-order chi connectivity index (χ0) is 9.40. The van der Waals surface area contributed by atoms with Crippen molar-refractivity contribution in [3.63, 3.8) is 0 Å². The Balaban J connectivity index is 3.39. The zero-order valence-electron chi connectivity index (χ0n) is 9.32. The van der Waals surface area contributed by atoms with Gasteiger partial charge in [-0.25, -0.2) is 0 Å². The molecule has 0 rings (SSSR count). The van der Waals surface area contributed by atoms with Gasteiger partial charge in [-0.2, -0.15) is 0 Å². The molecule has 0 aliphatic rings. The molecule has 0 bridgehead atoms. The van der Waals surface area contributed by atoms with Crippen LogP contribution in [0.4, 0.5) is 0 Å². The molecule has 0 saturated heterocycles. The van der Waals surface area contributed by atoms with Gasteiger partial charge < -0.3 is 0 Å². The summed E-state index contributed by atoms with van der Waals surface area (Å²) in [7, 11) is 0. The molecule has 0 amide bonds. The molecule has 12 heavy (non-hydrogen) atoms. The zero-order valence-corrected chi connectivity index (χ0v) is 9.32. The van der Waals surface area contributed by atoms with E-state index < -0.39 is 0 Å². The predicted octanol–water partition coefficient (Wildman–Crippen LogP) is 4.60. The number of hydrogen-bond acceptors (Lipinski definition) is 0. The minimum Gasteiger partial charge on any atom is -0.0654 e. The Morgan fingerprint density at radius 3 is 2.17 bits per heavy atom. The van der Waals surface area contributed by atoms with Crippen LogP contribution < -0.4 is 0 Å². The van der Waals surface area contributed by atoms with Crippen molar-refractivity contribution in [3.05, 3.63) is 5.92 Å². The lowest BCUT2D eigenvalue weighted by Gasteiger charge is -2.18. The molecule has 1 radical (unpaired) electrons. The molecular formula is C12H25. The molecule has 0 heterocycles. The first-order valence-corrected chi connectivity index (χ1v) is 5.54. The van der Waals surface area contributed by atoms with Crippen molar-refractivity contribution in [1.82, 2.24) is 0 Å². The standard InChI is InChI=1S/C12H25/c1-5-7-9-11(3)12(4)10-8-6-2/h11H,5-10H2,1-4H3. The molecule has 0 N–H and O–H groups in total. The van der Waals surface area contributed by atoms with E-state index in [2.05, 4.69) is 27.7 Å². The fraction of sp³-hybridized carbons (Fsp3) is 0.917. The monoisotopic (exact) mass is 169 g/mol. The summed E-state index contributed by atoms with van der Waals surface area (Å²) in [6.45, 7) is 9.24. The van der Waals surface area contributed by atoms with Gasteiger partial charge in [0, 0.05) is 0 Å². The summed E-state index contributed by atoms with van der Waals surface area (Å²) >= 11 is 0. The Hall–Kier alpha value is 0. The number of hydrogen-bond donors (Lipinski definition) is 0. The van der Waals surface area contributed by atoms with E-state index in [9.17, 15) is 0 Å². The maximum absolute atomic E-state index is 2.38. The lowest BCUT2D eigenvalue weighted by Crippen LogP contribution is -2.05. The first kappa shape index (κ1) is 12.0. The van der Waals surface area contributed by atoms with Gasteiger partial charge in [-0.1, -0.05) is 59.8 Å². The predicted molar refractivity (Wildman–Crippen MR) is 57.1 cm³/mol. The van der Waals surface area contributed by atoms with Crippen LogP contribution in [0, 0.1) is 11.8 Å². The molecule has 0 saturated carbocycles. The van der Waals surface area contributed by atoms with Crippen LogP contribution in [0.1, 0.15) is 66.2 Å². The summed E-state index contributed by atoms with van der Waals surface area (Å²) in [5.74, 6) is 2.57. The molecule has 0 aromatic carbocycles. The molecule has 0 aromatic rings. The van der Waals surface area contributed by atoms with E-state index in [1.165, 1.54) is 38.5 Å². The van der Waals surface area contributed by atoms with Crippen molar-refractivity contribution in [3.8, 4) is 0 Å². The summed E-state index contributed by atoms with van der Waals surface area (Å²) in [6, 6.07) is 0. The Labute approximate surface area is 78.8 Å². The molecule has 0 nitrogen and oxygen atoms in total. The van der Waals surface area contributed by atoms with E-state index in [-0.39, 0.29) is 0 Å². The smallest absolute Gasteiger partial charge is 0.0244 e. The van der Waals surface area contributed by atoms with E-state index in [1.807, 2.05) is 0 Å². The van der Waals surface area contributed by atoms with Crippen molar-refractivity contribution >= 4 is 0 Å². The van der Waals surface area contributed by atoms with Gasteiger partial charge in [0.25, 0.3) is 0 Å². The minimum atomic E-state index is 0.858. The molecule has 73 valence electrons. The average Bonchev–Trinajstić information content (AvgIpc) is 2.10. The van der Waals surface area contributed by atoms with Crippen molar-refractivity contribution in [2.24, 2.45) is 5.92 Å². The van der Waals surface area contributed by atoms with Crippen molar-refractivity contribution in [2.45, 2.75) is 66.2 Å². The molecule has 0 aromatic heterocycles. The van der Waals surface area contributed by atoms with Gasteiger partial charge in [0.15, 0.2) is 0 Å². The van der Waals surface area contributed by atoms with E-state index in [0.29, 0.717) is 0 Å². The van der Waals surface area contributed by atoms with Crippen LogP contribution in [-0.2, 0) is 0 Å². The molecule has 1 atom stereocenters. The molecule has 0 heteroatoms. The van der Waals surface area contributed by atoms with Crippen LogP contribution >= 0.6 is 0 Å². The Morgan fingerprint density at radius 1 is 1.08 bits per heavy atom. The lowest BCUT2D eigenvalue weighted by atomic mass is 9.87. The van der Waals surface area contributed by atoms with Crippen LogP contribution in [0.3, 0.4) is 0 Å². The van der Waals surface area contributed by atoms with Crippen LogP contribution in [0.2, 0.25) is 0 Å². The summed E-state index contributed by atoms with van der Waals surface area (Å²) in [6.07, 6.45) is 8.18. The summed E-state index contributed by atoms with van der Waals surface area (Å²) in [5.41, 5.74) is 0. The van der Waals surface area contributed by atoms with E-state index in [1.54, 1.807) is 5.92 Å². The van der Waals surface area contributed by atoms with Crippen LogP contribution in [0.5, 0.6) is 0 Å². The second-order valence-electron chi connectivity index (χ2n) is 3.99. The minimum absolute atomic E-state index is 0.858. The first-order valence-electron chi connectivity index (χ1n) is 5.54. The molecular weight excluding hydrogens is 144 g/mol. The second kappa shape index (κ2) is 7.64. The first-order chi connectivity index (χ1) is 5.72. The van der Waals surface area contributed by atoms with Gasteiger partial charge >= 0.3 is 0 Å². The normalized spacial score (nSPS) is 13.8. The van der Waals surface area contributed by atoms with E-state index in [0.717, 1.165) is 5.92 Å².